The Morgan fingerprint density at radius 1 is 1.11 bits per heavy atom. The number of benzene rings is 2. The van der Waals surface area contributed by atoms with E-state index in [-0.39, 0.29) is 5.91 Å². The summed E-state index contributed by atoms with van der Waals surface area (Å²) in [7, 11) is 1.72. The lowest BCUT2D eigenvalue weighted by atomic mass is 9.85. The van der Waals surface area contributed by atoms with Gasteiger partial charge in [-0.25, -0.2) is 0 Å². The number of fused-ring (bicyclic) bond motifs is 1. The van der Waals surface area contributed by atoms with Crippen LogP contribution >= 0.6 is 0 Å². The summed E-state index contributed by atoms with van der Waals surface area (Å²) in [5.41, 5.74) is 4.26. The van der Waals surface area contributed by atoms with Gasteiger partial charge in [-0.2, -0.15) is 0 Å². The largest absolute Gasteiger partial charge is 0.459 e. The van der Waals surface area contributed by atoms with Crippen LogP contribution in [0.5, 0.6) is 0 Å². The smallest absolute Gasteiger partial charge is 0.294 e. The molecule has 5 rings (SSSR count). The highest BCUT2D eigenvalue weighted by atomic mass is 16.5. The summed E-state index contributed by atoms with van der Waals surface area (Å²) in [5.74, 6) is 0.224. The van der Waals surface area contributed by atoms with E-state index >= 15 is 0 Å². The fraction of sp³-hybridized carbons (Fsp3) is 0.345. The SMILES string of the molecule is COCC1(N(C(=O)c2ccco2)c2ccccc2)CCN(CCc2c[nH]c3ccc(C)cc23)CC1. The molecule has 1 amide bonds. The van der Waals surface area contributed by atoms with E-state index in [9.17, 15) is 4.79 Å². The topological polar surface area (TPSA) is 61.7 Å². The molecule has 6 heteroatoms. The van der Waals surface area contributed by atoms with Gasteiger partial charge in [0.2, 0.25) is 0 Å². The van der Waals surface area contributed by atoms with Gasteiger partial charge in [0.15, 0.2) is 5.76 Å². The number of nitrogens with one attached hydrogen (secondary N) is 1. The summed E-state index contributed by atoms with van der Waals surface area (Å²) in [6, 6.07) is 19.9. The highest BCUT2D eigenvalue weighted by Crippen LogP contribution is 2.35. The van der Waals surface area contributed by atoms with Crippen LogP contribution in [-0.2, 0) is 11.2 Å². The first-order valence-electron chi connectivity index (χ1n) is 12.3. The molecule has 35 heavy (non-hydrogen) atoms. The van der Waals surface area contributed by atoms with Gasteiger partial charge in [0.05, 0.1) is 18.4 Å². The standard InChI is InChI=1S/C29H33N3O3/c1-22-10-11-26-25(19-22)23(20-30-26)12-15-31-16-13-29(14-17-31,21-34-2)32(24-7-4-3-5-8-24)28(33)27-9-6-18-35-27/h3-11,18-20,30H,12-17,21H2,1-2H3. The summed E-state index contributed by atoms with van der Waals surface area (Å²) in [6.45, 7) is 5.41. The number of H-pyrrole nitrogens is 1. The zero-order valence-electron chi connectivity index (χ0n) is 20.5. The summed E-state index contributed by atoms with van der Waals surface area (Å²) in [5, 5.41) is 1.31. The van der Waals surface area contributed by atoms with Gasteiger partial charge in [-0.1, -0.05) is 29.8 Å². The number of ether oxygens (including phenoxy) is 1. The number of aromatic nitrogens is 1. The molecule has 0 bridgehead atoms. The average molecular weight is 472 g/mol. The van der Waals surface area contributed by atoms with Crippen molar-refractivity contribution in [2.45, 2.75) is 31.7 Å². The van der Waals surface area contributed by atoms with Crippen LogP contribution < -0.4 is 4.90 Å². The molecular formula is C29H33N3O3. The van der Waals surface area contributed by atoms with Crippen molar-refractivity contribution in [1.82, 2.24) is 9.88 Å². The van der Waals surface area contributed by atoms with Gasteiger partial charge in [0.1, 0.15) is 0 Å². The fourth-order valence-corrected chi connectivity index (χ4v) is 5.37. The van der Waals surface area contributed by atoms with Crippen molar-refractivity contribution >= 4 is 22.5 Å². The zero-order valence-corrected chi connectivity index (χ0v) is 20.5. The fourth-order valence-electron chi connectivity index (χ4n) is 5.37. The first-order valence-corrected chi connectivity index (χ1v) is 12.3. The van der Waals surface area contributed by atoms with Crippen LogP contribution in [-0.4, -0.2) is 54.7 Å². The van der Waals surface area contributed by atoms with Crippen LogP contribution in [0, 0.1) is 6.92 Å². The van der Waals surface area contributed by atoms with Gasteiger partial charge in [0, 0.05) is 49.5 Å². The normalized spacial score (nSPS) is 15.9. The minimum absolute atomic E-state index is 0.124. The van der Waals surface area contributed by atoms with E-state index in [0.717, 1.165) is 44.6 Å². The van der Waals surface area contributed by atoms with Crippen LogP contribution in [0.1, 0.15) is 34.5 Å². The van der Waals surface area contributed by atoms with Crippen molar-refractivity contribution in [3.63, 3.8) is 0 Å². The number of hydrogen-bond acceptors (Lipinski definition) is 4. The van der Waals surface area contributed by atoms with E-state index in [1.165, 1.54) is 22.0 Å². The number of para-hydroxylation sites is 1. The van der Waals surface area contributed by atoms with Gasteiger partial charge in [0.25, 0.3) is 5.91 Å². The lowest BCUT2D eigenvalue weighted by molar-refractivity contribution is 0.0610. The van der Waals surface area contributed by atoms with Crippen LogP contribution in [0.2, 0.25) is 0 Å². The molecule has 0 aliphatic carbocycles. The van der Waals surface area contributed by atoms with Crippen LogP contribution in [0.15, 0.2) is 77.5 Å². The molecule has 0 saturated carbocycles. The lowest BCUT2D eigenvalue weighted by Gasteiger charge is -2.48. The Morgan fingerprint density at radius 2 is 1.91 bits per heavy atom. The number of methoxy groups -OCH3 is 1. The van der Waals surface area contributed by atoms with E-state index in [4.69, 9.17) is 9.15 Å². The molecule has 2 aromatic heterocycles. The minimum atomic E-state index is -0.436. The van der Waals surface area contributed by atoms with Gasteiger partial charge < -0.3 is 19.0 Å². The maximum atomic E-state index is 13.7. The Kier molecular flexibility index (Phi) is 6.75. The third-order valence-corrected chi connectivity index (χ3v) is 7.24. The molecule has 0 atom stereocenters. The van der Waals surface area contributed by atoms with Crippen molar-refractivity contribution in [3.8, 4) is 0 Å². The van der Waals surface area contributed by atoms with Gasteiger partial charge in [-0.05, 0) is 68.1 Å². The number of hydrogen-bond donors (Lipinski definition) is 1. The minimum Gasteiger partial charge on any atom is -0.459 e. The molecule has 1 saturated heterocycles. The third kappa shape index (κ3) is 4.77. The summed E-state index contributed by atoms with van der Waals surface area (Å²) < 4.78 is 11.2. The molecule has 1 fully saturated rings. The van der Waals surface area contributed by atoms with Gasteiger partial charge in [-0.15, -0.1) is 0 Å². The number of aromatic amines is 1. The number of carbonyl (C=O) groups excluding carboxylic acids is 1. The predicted octanol–water partition coefficient (Wildman–Crippen LogP) is 5.44. The molecule has 182 valence electrons. The number of carbonyl (C=O) groups is 1. The van der Waals surface area contributed by atoms with Crippen LogP contribution in [0.25, 0.3) is 10.9 Å². The number of aryl methyl sites for hydroxylation is 1. The van der Waals surface area contributed by atoms with E-state index in [1.807, 2.05) is 35.2 Å². The molecule has 1 aliphatic heterocycles. The second-order valence-electron chi connectivity index (χ2n) is 9.57. The summed E-state index contributed by atoms with van der Waals surface area (Å²) in [4.78, 5) is 21.5. The number of nitrogens with zero attached hydrogens (tertiary/aromatic N) is 2. The number of rotatable bonds is 8. The number of piperidine rings is 1. The van der Waals surface area contributed by atoms with E-state index in [0.29, 0.717) is 12.4 Å². The average Bonchev–Trinajstić information content (AvgIpc) is 3.55. The van der Waals surface area contributed by atoms with Crippen molar-refractivity contribution in [2.24, 2.45) is 0 Å². The Balaban J connectivity index is 1.34. The molecule has 0 unspecified atom stereocenters. The van der Waals surface area contributed by atoms with Gasteiger partial charge in [-0.3, -0.25) is 9.69 Å². The quantitative estimate of drug-likeness (QED) is 0.372. The molecule has 4 aromatic rings. The number of amides is 1. The molecule has 0 spiro atoms. The molecule has 0 radical (unpaired) electrons. The molecule has 3 heterocycles. The van der Waals surface area contributed by atoms with Crippen molar-refractivity contribution in [2.75, 3.05) is 38.3 Å². The number of furan rings is 1. The second kappa shape index (κ2) is 10.1. The van der Waals surface area contributed by atoms with E-state index < -0.39 is 5.54 Å². The van der Waals surface area contributed by atoms with Crippen LogP contribution in [0.4, 0.5) is 5.69 Å². The highest BCUT2D eigenvalue weighted by molar-refractivity contribution is 6.05. The first-order chi connectivity index (χ1) is 17.1. The summed E-state index contributed by atoms with van der Waals surface area (Å²) >= 11 is 0. The zero-order chi connectivity index (χ0) is 24.3. The lowest BCUT2D eigenvalue weighted by Crippen LogP contribution is -2.60. The molecular weight excluding hydrogens is 438 g/mol. The Labute approximate surface area is 206 Å². The maximum absolute atomic E-state index is 13.7. The Morgan fingerprint density at radius 3 is 2.63 bits per heavy atom. The molecule has 1 aliphatic rings. The molecule has 2 aromatic carbocycles. The Hall–Kier alpha value is -3.35. The van der Waals surface area contributed by atoms with Crippen LogP contribution in [0.3, 0.4) is 0 Å². The van der Waals surface area contributed by atoms with Crippen molar-refractivity contribution in [3.05, 3.63) is 90.0 Å². The van der Waals surface area contributed by atoms with E-state index in [2.05, 4.69) is 41.2 Å². The number of anilines is 1. The van der Waals surface area contributed by atoms with Gasteiger partial charge >= 0.3 is 0 Å². The number of likely N-dealkylation sites (tertiary alicyclic amines) is 1. The first kappa shape index (κ1) is 23.4. The molecule has 1 N–H and O–H groups in total. The predicted molar refractivity (Wildman–Crippen MR) is 139 cm³/mol. The van der Waals surface area contributed by atoms with Crippen molar-refractivity contribution in [1.29, 1.82) is 0 Å². The second-order valence-corrected chi connectivity index (χ2v) is 9.57. The third-order valence-electron chi connectivity index (χ3n) is 7.24. The molecule has 6 nitrogen and oxygen atoms in total. The highest BCUT2D eigenvalue weighted by Gasteiger charge is 2.44. The Bertz CT molecular complexity index is 1260. The monoisotopic (exact) mass is 471 g/mol. The summed E-state index contributed by atoms with van der Waals surface area (Å²) in [6.07, 6.45) is 6.34. The maximum Gasteiger partial charge on any atom is 0.294 e. The van der Waals surface area contributed by atoms with E-state index in [1.54, 1.807) is 25.5 Å². The van der Waals surface area contributed by atoms with Crippen molar-refractivity contribution < 1.29 is 13.9 Å².